The largest absolute Gasteiger partial charge is 0.487 e. The van der Waals surface area contributed by atoms with Gasteiger partial charge in [-0.05, 0) is 24.3 Å². The van der Waals surface area contributed by atoms with Gasteiger partial charge in [-0.1, -0.05) is 0 Å². The molecule has 0 aliphatic carbocycles. The summed E-state index contributed by atoms with van der Waals surface area (Å²) in [6.45, 7) is 2.79. The fraction of sp³-hybridized carbons (Fsp3) is 0.294. The third-order valence-electron chi connectivity index (χ3n) is 4.47. The van der Waals surface area contributed by atoms with Crippen LogP contribution >= 0.6 is 0 Å². The van der Waals surface area contributed by atoms with Gasteiger partial charge in [0.15, 0.2) is 17.2 Å². The maximum Gasteiger partial charge on any atom is 0.185 e. The molecule has 0 radical (unpaired) electrons. The van der Waals surface area contributed by atoms with Gasteiger partial charge in [0.25, 0.3) is 0 Å². The van der Waals surface area contributed by atoms with Gasteiger partial charge in [0.05, 0.1) is 23.3 Å². The first-order valence-corrected chi connectivity index (χ1v) is 7.54. The molecule has 2 aliphatic heterocycles. The van der Waals surface area contributed by atoms with E-state index in [9.17, 15) is 0 Å². The first-order chi connectivity index (χ1) is 10.8. The number of ether oxygens (including phenoxy) is 3. The molecular formula is C17H16N2O3. The number of hydrogen-bond donors (Lipinski definition) is 1. The molecule has 0 fully saturated rings. The van der Waals surface area contributed by atoms with Crippen LogP contribution in [0.15, 0.2) is 24.3 Å². The molecule has 3 aromatic rings. The van der Waals surface area contributed by atoms with Crippen molar-refractivity contribution in [1.29, 1.82) is 0 Å². The third kappa shape index (κ3) is 1.48. The highest BCUT2D eigenvalue weighted by Gasteiger charge is 2.23. The Kier molecular flexibility index (Phi) is 2.31. The summed E-state index contributed by atoms with van der Waals surface area (Å²) in [5.41, 5.74) is 3.13. The molecule has 3 heterocycles. The summed E-state index contributed by atoms with van der Waals surface area (Å²) in [5, 5.41) is 2.29. The number of hydrogen-bond acceptors (Lipinski definition) is 4. The van der Waals surface area contributed by atoms with Gasteiger partial charge in [0, 0.05) is 17.8 Å². The molecule has 22 heavy (non-hydrogen) atoms. The van der Waals surface area contributed by atoms with Crippen LogP contribution in [-0.4, -0.2) is 38.4 Å². The van der Waals surface area contributed by atoms with Crippen LogP contribution in [-0.2, 0) is 0 Å². The lowest BCUT2D eigenvalue weighted by Gasteiger charge is -2.27. The molecule has 5 nitrogen and oxygen atoms in total. The summed E-state index contributed by atoms with van der Waals surface area (Å²) in [5.74, 6) is 2.53. The average molecular weight is 296 g/mol. The number of anilines is 1. The molecular weight excluding hydrogens is 280 g/mol. The molecule has 1 N–H and O–H groups in total. The first kappa shape index (κ1) is 12.0. The lowest BCUT2D eigenvalue weighted by molar-refractivity contribution is 0.173. The molecule has 0 unspecified atom stereocenters. The quantitative estimate of drug-likeness (QED) is 0.693. The molecule has 0 amide bonds. The fourth-order valence-electron chi connectivity index (χ4n) is 3.36. The summed E-state index contributed by atoms with van der Waals surface area (Å²) >= 11 is 0. The van der Waals surface area contributed by atoms with Crippen molar-refractivity contribution < 1.29 is 14.2 Å². The van der Waals surface area contributed by atoms with E-state index in [1.54, 1.807) is 0 Å². The molecule has 112 valence electrons. The minimum Gasteiger partial charge on any atom is -0.487 e. The summed E-state index contributed by atoms with van der Waals surface area (Å²) in [6.07, 6.45) is 0. The fourth-order valence-corrected chi connectivity index (χ4v) is 3.36. The topological polar surface area (TPSA) is 46.7 Å². The molecule has 0 bridgehead atoms. The smallest absolute Gasteiger partial charge is 0.185 e. The van der Waals surface area contributed by atoms with E-state index in [-0.39, 0.29) is 0 Å². The molecule has 5 rings (SSSR count). The van der Waals surface area contributed by atoms with Crippen molar-refractivity contribution in [2.75, 3.05) is 38.3 Å². The highest BCUT2D eigenvalue weighted by Crippen LogP contribution is 2.45. The highest BCUT2D eigenvalue weighted by atomic mass is 16.6. The molecule has 2 aromatic carbocycles. The predicted molar refractivity (Wildman–Crippen MR) is 85.6 cm³/mol. The van der Waals surface area contributed by atoms with Crippen LogP contribution in [0.5, 0.6) is 17.2 Å². The van der Waals surface area contributed by atoms with Crippen molar-refractivity contribution in [3.05, 3.63) is 24.3 Å². The van der Waals surface area contributed by atoms with Gasteiger partial charge in [0.2, 0.25) is 0 Å². The monoisotopic (exact) mass is 296 g/mol. The van der Waals surface area contributed by atoms with Crippen molar-refractivity contribution in [2.45, 2.75) is 0 Å². The molecule has 0 atom stereocenters. The maximum atomic E-state index is 5.94. The average Bonchev–Trinajstić information content (AvgIpc) is 2.95. The van der Waals surface area contributed by atoms with Crippen LogP contribution in [0.3, 0.4) is 0 Å². The Labute approximate surface area is 127 Å². The Morgan fingerprint density at radius 2 is 1.59 bits per heavy atom. The predicted octanol–water partition coefficient (Wildman–Crippen LogP) is 2.92. The van der Waals surface area contributed by atoms with Gasteiger partial charge >= 0.3 is 0 Å². The normalized spacial score (nSPS) is 16.7. The van der Waals surface area contributed by atoms with Gasteiger partial charge in [-0.25, -0.2) is 0 Å². The summed E-state index contributed by atoms with van der Waals surface area (Å²) in [6, 6.07) is 8.34. The van der Waals surface area contributed by atoms with Gasteiger partial charge in [0.1, 0.15) is 19.8 Å². The van der Waals surface area contributed by atoms with Gasteiger partial charge in [-0.3, -0.25) is 0 Å². The Bertz CT molecular complexity index is 900. The molecule has 0 spiro atoms. The maximum absolute atomic E-state index is 5.94. The van der Waals surface area contributed by atoms with E-state index in [1.807, 2.05) is 6.07 Å². The molecule has 0 saturated heterocycles. The zero-order valence-electron chi connectivity index (χ0n) is 12.3. The zero-order valence-corrected chi connectivity index (χ0v) is 12.3. The number of aromatic nitrogens is 1. The zero-order chi connectivity index (χ0) is 14.7. The van der Waals surface area contributed by atoms with E-state index >= 15 is 0 Å². The number of nitrogens with one attached hydrogen (secondary N) is 1. The van der Waals surface area contributed by atoms with E-state index in [0.29, 0.717) is 19.8 Å². The Hall–Kier alpha value is -2.56. The second kappa shape index (κ2) is 4.22. The van der Waals surface area contributed by atoms with E-state index < -0.39 is 0 Å². The number of fused-ring (bicyclic) bond motifs is 7. The van der Waals surface area contributed by atoms with Crippen molar-refractivity contribution in [3.63, 3.8) is 0 Å². The van der Waals surface area contributed by atoms with Crippen molar-refractivity contribution in [3.8, 4) is 17.2 Å². The minimum absolute atomic E-state index is 0.582. The summed E-state index contributed by atoms with van der Waals surface area (Å²) in [4.78, 5) is 5.72. The second-order valence-electron chi connectivity index (χ2n) is 5.74. The van der Waals surface area contributed by atoms with Crippen molar-refractivity contribution in [2.24, 2.45) is 0 Å². The molecule has 2 aliphatic rings. The summed E-state index contributed by atoms with van der Waals surface area (Å²) < 4.78 is 17.4. The van der Waals surface area contributed by atoms with E-state index in [4.69, 9.17) is 14.2 Å². The second-order valence-corrected chi connectivity index (χ2v) is 5.74. The SMILES string of the molecule is CN1CCOc2c1ccc1c2[nH]c2c3c(ccc21)OCCO3. The molecule has 5 heteroatoms. The van der Waals surface area contributed by atoms with E-state index in [1.165, 1.54) is 0 Å². The highest BCUT2D eigenvalue weighted by molar-refractivity contribution is 6.13. The summed E-state index contributed by atoms with van der Waals surface area (Å²) in [7, 11) is 2.09. The lowest BCUT2D eigenvalue weighted by atomic mass is 10.1. The van der Waals surface area contributed by atoms with Gasteiger partial charge in [-0.2, -0.15) is 0 Å². The number of likely N-dealkylation sites (N-methyl/N-ethyl adjacent to an activating group) is 1. The van der Waals surface area contributed by atoms with E-state index in [0.717, 1.165) is 51.3 Å². The minimum atomic E-state index is 0.582. The van der Waals surface area contributed by atoms with Crippen LogP contribution in [0.4, 0.5) is 5.69 Å². The Balaban J connectivity index is 1.86. The first-order valence-electron chi connectivity index (χ1n) is 7.54. The number of benzene rings is 2. The van der Waals surface area contributed by atoms with Crippen LogP contribution in [0.2, 0.25) is 0 Å². The lowest BCUT2D eigenvalue weighted by Crippen LogP contribution is -2.28. The molecule has 1 aromatic heterocycles. The van der Waals surface area contributed by atoms with Gasteiger partial charge in [-0.15, -0.1) is 0 Å². The van der Waals surface area contributed by atoms with Crippen molar-refractivity contribution >= 4 is 27.5 Å². The number of aromatic amines is 1. The van der Waals surface area contributed by atoms with Crippen LogP contribution in [0.1, 0.15) is 0 Å². The Morgan fingerprint density at radius 1 is 0.864 bits per heavy atom. The number of nitrogens with zero attached hydrogens (tertiary/aromatic N) is 1. The number of H-pyrrole nitrogens is 1. The third-order valence-corrected chi connectivity index (χ3v) is 4.47. The standard InChI is InChI=1S/C17H16N2O3/c1-19-6-7-21-16-12(19)4-2-10-11-3-5-13-17(22-9-8-20-13)15(11)18-14(10)16/h2-5,18H,6-9H2,1H3. The number of rotatable bonds is 0. The van der Waals surface area contributed by atoms with Gasteiger partial charge < -0.3 is 24.1 Å². The van der Waals surface area contributed by atoms with Crippen LogP contribution < -0.4 is 19.1 Å². The van der Waals surface area contributed by atoms with Crippen LogP contribution in [0.25, 0.3) is 21.8 Å². The Morgan fingerprint density at radius 3 is 2.50 bits per heavy atom. The van der Waals surface area contributed by atoms with E-state index in [2.05, 4.69) is 35.1 Å². The van der Waals surface area contributed by atoms with Crippen LogP contribution in [0, 0.1) is 0 Å². The van der Waals surface area contributed by atoms with Crippen molar-refractivity contribution in [1.82, 2.24) is 4.98 Å². The molecule has 0 saturated carbocycles.